The highest BCUT2D eigenvalue weighted by Gasteiger charge is 2.41. The van der Waals surface area contributed by atoms with Gasteiger partial charge in [0, 0.05) is 25.7 Å². The number of aromatic nitrogens is 2. The van der Waals surface area contributed by atoms with Gasteiger partial charge in [0.1, 0.15) is 31.1 Å². The van der Waals surface area contributed by atoms with Crippen LogP contribution in [-0.4, -0.2) is 59.1 Å². The molecule has 0 aromatic carbocycles. The number of nitrogens with one attached hydrogen (secondary N) is 1. The van der Waals surface area contributed by atoms with Crippen LogP contribution in [0, 0.1) is 12.3 Å². The highest BCUT2D eigenvalue weighted by Crippen LogP contribution is 2.32. The average Bonchev–Trinajstić information content (AvgIpc) is 3.34. The van der Waals surface area contributed by atoms with Gasteiger partial charge < -0.3 is 19.1 Å². The van der Waals surface area contributed by atoms with Crippen LogP contribution in [0.5, 0.6) is 0 Å². The summed E-state index contributed by atoms with van der Waals surface area (Å²) in [6.07, 6.45) is 11.0. The first-order valence-corrected chi connectivity index (χ1v) is 15.2. The molecule has 9 nitrogen and oxygen atoms in total. The van der Waals surface area contributed by atoms with Gasteiger partial charge in [-0.2, -0.15) is 13.2 Å². The van der Waals surface area contributed by atoms with Crippen LogP contribution in [0.3, 0.4) is 0 Å². The van der Waals surface area contributed by atoms with Crippen molar-refractivity contribution < 1.29 is 32.2 Å². The number of rotatable bonds is 19. The predicted molar refractivity (Wildman–Crippen MR) is 153 cm³/mol. The first kappa shape index (κ1) is 35.4. The van der Waals surface area contributed by atoms with Crippen LogP contribution < -0.4 is 11.2 Å². The number of alkyl halides is 3. The highest BCUT2D eigenvalue weighted by atomic mass is 19.4. The topological polar surface area (TPSA) is 103 Å². The third kappa shape index (κ3) is 11.8. The van der Waals surface area contributed by atoms with Crippen molar-refractivity contribution >= 4 is 6.09 Å². The molecule has 2 heterocycles. The van der Waals surface area contributed by atoms with E-state index >= 15 is 0 Å². The second kappa shape index (κ2) is 18.7. The van der Waals surface area contributed by atoms with Gasteiger partial charge in [0.05, 0.1) is 6.10 Å². The molecular formula is C30H46F3N3O6. The van der Waals surface area contributed by atoms with Gasteiger partial charge in [-0.05, 0) is 12.8 Å². The molecule has 1 aromatic heterocycles. The summed E-state index contributed by atoms with van der Waals surface area (Å²) >= 11 is 0. The summed E-state index contributed by atoms with van der Waals surface area (Å²) in [5.41, 5.74) is -4.13. The fourth-order valence-corrected chi connectivity index (χ4v) is 4.93. The molecule has 1 amide bonds. The Morgan fingerprint density at radius 3 is 2.24 bits per heavy atom. The number of carbonyl (C=O) groups is 1. The summed E-state index contributed by atoms with van der Waals surface area (Å²) in [5, 5.41) is 0. The Hall–Kier alpha value is -2.78. The van der Waals surface area contributed by atoms with Gasteiger partial charge in [-0.3, -0.25) is 14.3 Å². The van der Waals surface area contributed by atoms with Crippen LogP contribution in [0.2, 0.25) is 0 Å². The van der Waals surface area contributed by atoms with Gasteiger partial charge in [-0.25, -0.2) is 9.59 Å². The molecule has 0 bridgehead atoms. The van der Waals surface area contributed by atoms with Crippen LogP contribution in [0.4, 0.5) is 18.0 Å². The maximum absolute atomic E-state index is 13.3. The zero-order chi connectivity index (χ0) is 31.0. The zero-order valence-electron chi connectivity index (χ0n) is 24.9. The van der Waals surface area contributed by atoms with Gasteiger partial charge in [-0.1, -0.05) is 84.0 Å². The lowest BCUT2D eigenvalue weighted by Gasteiger charge is -2.24. The van der Waals surface area contributed by atoms with E-state index in [1.807, 2.05) is 6.92 Å². The summed E-state index contributed by atoms with van der Waals surface area (Å²) in [7, 11) is 0. The summed E-state index contributed by atoms with van der Waals surface area (Å²) in [4.78, 5) is 40.3. The van der Waals surface area contributed by atoms with Gasteiger partial charge in [0.15, 0.2) is 0 Å². The second-order valence-corrected chi connectivity index (χ2v) is 10.7. The predicted octanol–water partition coefficient (Wildman–Crippen LogP) is 6.02. The number of unbranched alkanes of at least 4 members (excludes halogenated alkanes) is 10. The molecule has 0 saturated carbocycles. The molecule has 3 atom stereocenters. The molecule has 0 aliphatic carbocycles. The van der Waals surface area contributed by atoms with Crippen LogP contribution in [0.15, 0.2) is 15.8 Å². The molecule has 1 aliphatic rings. The van der Waals surface area contributed by atoms with Crippen molar-refractivity contribution in [2.75, 3.05) is 26.3 Å². The SMILES string of the molecule is C#CCO[C@H]1C[C@H](n2cc(C(F)(F)F)c(=O)[nH]c2=O)O[C@@H]1COC(=O)N(CCCC)CCCCCCCCCCCC. The van der Waals surface area contributed by atoms with Gasteiger partial charge >= 0.3 is 18.0 Å². The number of nitrogens with zero attached hydrogens (tertiary/aromatic N) is 2. The molecule has 12 heteroatoms. The van der Waals surface area contributed by atoms with Crippen molar-refractivity contribution in [2.45, 2.75) is 122 Å². The number of halogens is 3. The van der Waals surface area contributed by atoms with E-state index in [1.165, 1.54) is 44.9 Å². The number of hydrogen-bond donors (Lipinski definition) is 1. The second-order valence-electron chi connectivity index (χ2n) is 10.7. The quantitative estimate of drug-likeness (QED) is 0.154. The maximum atomic E-state index is 13.3. The first-order chi connectivity index (χ1) is 20.1. The highest BCUT2D eigenvalue weighted by molar-refractivity contribution is 5.67. The number of carbonyl (C=O) groups excluding carboxylic acids is 1. The summed E-state index contributed by atoms with van der Waals surface area (Å²) in [6, 6.07) is 0. The van der Waals surface area contributed by atoms with E-state index in [-0.39, 0.29) is 19.6 Å². The Labute approximate surface area is 246 Å². The number of hydrogen-bond acceptors (Lipinski definition) is 6. The normalized spacial score (nSPS) is 18.6. The monoisotopic (exact) mass is 601 g/mol. The average molecular weight is 602 g/mol. The molecule has 1 fully saturated rings. The van der Waals surface area contributed by atoms with Gasteiger partial charge in [0.2, 0.25) is 0 Å². The summed E-state index contributed by atoms with van der Waals surface area (Å²) in [6.45, 7) is 5.00. The minimum atomic E-state index is -4.97. The Balaban J connectivity index is 1.95. The number of H-pyrrole nitrogens is 1. The van der Waals surface area contributed by atoms with Crippen molar-refractivity contribution in [3.05, 3.63) is 32.6 Å². The molecule has 42 heavy (non-hydrogen) atoms. The molecule has 1 aliphatic heterocycles. The third-order valence-corrected chi connectivity index (χ3v) is 7.34. The van der Waals surface area contributed by atoms with E-state index in [4.69, 9.17) is 20.6 Å². The fraction of sp³-hybridized carbons (Fsp3) is 0.767. The summed E-state index contributed by atoms with van der Waals surface area (Å²) < 4.78 is 57.4. The van der Waals surface area contributed by atoms with Gasteiger partial charge in [0.25, 0.3) is 5.56 Å². The number of terminal acetylenes is 1. The van der Waals surface area contributed by atoms with Crippen LogP contribution in [-0.2, 0) is 20.4 Å². The van der Waals surface area contributed by atoms with Crippen LogP contribution in [0.25, 0.3) is 0 Å². The van der Waals surface area contributed by atoms with E-state index in [2.05, 4.69) is 12.8 Å². The molecule has 1 aromatic rings. The molecule has 238 valence electrons. The fourth-order valence-electron chi connectivity index (χ4n) is 4.93. The largest absolute Gasteiger partial charge is 0.447 e. The van der Waals surface area contributed by atoms with Crippen molar-refractivity contribution in [3.63, 3.8) is 0 Å². The molecule has 1 saturated heterocycles. The van der Waals surface area contributed by atoms with E-state index in [0.717, 1.165) is 32.1 Å². The lowest BCUT2D eigenvalue weighted by Crippen LogP contribution is -2.37. The number of ether oxygens (including phenoxy) is 3. The zero-order valence-corrected chi connectivity index (χ0v) is 24.9. The van der Waals surface area contributed by atoms with Crippen LogP contribution >= 0.6 is 0 Å². The minimum absolute atomic E-state index is 0.0364. The Morgan fingerprint density at radius 1 is 1.05 bits per heavy atom. The number of amides is 1. The van der Waals surface area contributed by atoms with E-state index in [0.29, 0.717) is 23.9 Å². The molecule has 0 unspecified atom stereocenters. The lowest BCUT2D eigenvalue weighted by molar-refractivity contribution is -0.139. The molecule has 0 radical (unpaired) electrons. The Morgan fingerprint density at radius 2 is 1.64 bits per heavy atom. The van der Waals surface area contributed by atoms with Gasteiger partial charge in [-0.15, -0.1) is 6.42 Å². The Bertz CT molecular complexity index is 1100. The molecular weight excluding hydrogens is 555 g/mol. The molecule has 0 spiro atoms. The smallest absolute Gasteiger partial charge is 0.423 e. The minimum Gasteiger partial charge on any atom is -0.447 e. The Kier molecular flexibility index (Phi) is 15.8. The van der Waals surface area contributed by atoms with E-state index < -0.39 is 47.5 Å². The van der Waals surface area contributed by atoms with Crippen molar-refractivity contribution in [3.8, 4) is 12.3 Å². The van der Waals surface area contributed by atoms with Crippen molar-refractivity contribution in [1.82, 2.24) is 14.5 Å². The third-order valence-electron chi connectivity index (χ3n) is 7.34. The standard InChI is InChI=1S/C30H46F3N3O6/c1-4-7-9-10-11-12-13-14-15-16-18-35(17-8-5-2)29(39)41-22-25-24(40-19-6-3)20-26(42-25)36-21-23(30(31,32)33)27(37)34-28(36)38/h3,21,24-26H,4-5,7-20,22H2,1-2H3,(H,34,37,38)/t24-,25+,26+/m0/s1. The lowest BCUT2D eigenvalue weighted by atomic mass is 10.1. The van der Waals surface area contributed by atoms with Crippen molar-refractivity contribution in [2.24, 2.45) is 0 Å². The summed E-state index contributed by atoms with van der Waals surface area (Å²) in [5.74, 6) is 2.32. The molecule has 1 N–H and O–H groups in total. The van der Waals surface area contributed by atoms with E-state index in [1.54, 1.807) is 9.88 Å². The van der Waals surface area contributed by atoms with Crippen LogP contribution in [0.1, 0.15) is 109 Å². The maximum Gasteiger partial charge on any atom is 0.423 e. The first-order valence-electron chi connectivity index (χ1n) is 15.2. The number of aromatic amines is 1. The molecule has 2 rings (SSSR count). The van der Waals surface area contributed by atoms with E-state index in [9.17, 15) is 27.6 Å². The van der Waals surface area contributed by atoms with Crippen molar-refractivity contribution in [1.29, 1.82) is 0 Å².